The van der Waals surface area contributed by atoms with Gasteiger partial charge in [0.2, 0.25) is 11.8 Å². The van der Waals surface area contributed by atoms with Crippen LogP contribution in [0.4, 0.5) is 15.8 Å². The van der Waals surface area contributed by atoms with Crippen LogP contribution in [0.15, 0.2) is 47.5 Å². The van der Waals surface area contributed by atoms with Crippen molar-refractivity contribution in [2.45, 2.75) is 11.7 Å². The van der Waals surface area contributed by atoms with Crippen molar-refractivity contribution in [1.82, 2.24) is 5.32 Å². The number of fused-ring (bicyclic) bond motifs is 1. The van der Waals surface area contributed by atoms with Gasteiger partial charge < -0.3 is 20.1 Å². The number of halogens is 1. The number of rotatable bonds is 4. The van der Waals surface area contributed by atoms with Gasteiger partial charge in [0.25, 0.3) is 0 Å². The Balaban J connectivity index is 1.38. The normalized spacial score (nSPS) is 19.4. The number of carbonyl (C=O) groups is 2. The number of hydrogen-bond donors (Lipinski definition) is 2. The van der Waals surface area contributed by atoms with E-state index in [2.05, 4.69) is 15.6 Å². The van der Waals surface area contributed by atoms with Crippen molar-refractivity contribution in [3.05, 3.63) is 48.3 Å². The first kappa shape index (κ1) is 18.3. The minimum atomic E-state index is -0.587. The second-order valence-electron chi connectivity index (χ2n) is 6.10. The molecule has 0 aromatic heterocycles. The molecule has 9 heteroatoms. The fourth-order valence-electron chi connectivity index (χ4n) is 2.72. The number of ether oxygens (including phenoxy) is 2. The van der Waals surface area contributed by atoms with E-state index < -0.39 is 5.25 Å². The van der Waals surface area contributed by atoms with Crippen LogP contribution < -0.4 is 20.1 Å². The quantitative estimate of drug-likeness (QED) is 0.823. The topological polar surface area (TPSA) is 89.0 Å². The maximum Gasteiger partial charge on any atom is 0.240 e. The van der Waals surface area contributed by atoms with Gasteiger partial charge in [0, 0.05) is 18.2 Å². The molecule has 1 atom stereocenters. The minimum Gasteiger partial charge on any atom is -0.486 e. The summed E-state index contributed by atoms with van der Waals surface area (Å²) in [5.41, 5.74) is 1.09. The third kappa shape index (κ3) is 4.25. The molecular weight excluding hydrogens is 385 g/mol. The summed E-state index contributed by atoms with van der Waals surface area (Å²) in [4.78, 5) is 28.7. The number of carbonyl (C=O) groups excluding carboxylic acids is 2. The predicted octanol–water partition coefficient (Wildman–Crippen LogP) is 2.84. The lowest BCUT2D eigenvalue weighted by Gasteiger charge is -2.18. The summed E-state index contributed by atoms with van der Waals surface area (Å²) in [6, 6.07) is 10.7. The lowest BCUT2D eigenvalue weighted by atomic mass is 10.2. The summed E-state index contributed by atoms with van der Waals surface area (Å²) >= 11 is 1.19. The van der Waals surface area contributed by atoms with Crippen LogP contribution in [0, 0.1) is 5.82 Å². The summed E-state index contributed by atoms with van der Waals surface area (Å²) in [6.45, 7) is 0.984. The van der Waals surface area contributed by atoms with E-state index in [4.69, 9.17) is 9.47 Å². The van der Waals surface area contributed by atoms with E-state index in [-0.39, 0.29) is 24.1 Å². The van der Waals surface area contributed by atoms with Crippen molar-refractivity contribution >= 4 is 40.1 Å². The Hall–Kier alpha value is -3.07. The van der Waals surface area contributed by atoms with Gasteiger partial charge in [-0.3, -0.25) is 9.59 Å². The molecule has 0 bridgehead atoms. The highest BCUT2D eigenvalue weighted by atomic mass is 32.2. The Morgan fingerprint density at radius 2 is 1.93 bits per heavy atom. The number of nitrogens with one attached hydrogen (secondary N) is 2. The number of hydrogen-bond acceptors (Lipinski definition) is 6. The van der Waals surface area contributed by atoms with E-state index in [0.717, 1.165) is 0 Å². The highest BCUT2D eigenvalue weighted by Gasteiger charge is 2.32. The SMILES string of the molecule is O=C(C[C@@H]1SC(=Nc2ccc3c(c2)OCCO3)NC1=O)Nc1ccc(F)cc1. The van der Waals surface area contributed by atoms with E-state index in [9.17, 15) is 14.0 Å². The molecule has 4 rings (SSSR count). The summed E-state index contributed by atoms with van der Waals surface area (Å²) in [7, 11) is 0. The van der Waals surface area contributed by atoms with Gasteiger partial charge in [0.15, 0.2) is 16.7 Å². The first-order valence-corrected chi connectivity index (χ1v) is 9.46. The maximum absolute atomic E-state index is 12.9. The Morgan fingerprint density at radius 3 is 2.71 bits per heavy atom. The lowest BCUT2D eigenvalue weighted by molar-refractivity contribution is -0.122. The van der Waals surface area contributed by atoms with Crippen molar-refractivity contribution in [2.24, 2.45) is 4.99 Å². The Bertz CT molecular complexity index is 949. The van der Waals surface area contributed by atoms with E-state index in [1.54, 1.807) is 18.2 Å². The van der Waals surface area contributed by atoms with E-state index in [0.29, 0.717) is 41.3 Å². The molecule has 7 nitrogen and oxygen atoms in total. The van der Waals surface area contributed by atoms with Crippen LogP contribution in [0.2, 0.25) is 0 Å². The van der Waals surface area contributed by atoms with Gasteiger partial charge in [-0.2, -0.15) is 0 Å². The zero-order valence-corrected chi connectivity index (χ0v) is 15.4. The van der Waals surface area contributed by atoms with Crippen LogP contribution in [0.3, 0.4) is 0 Å². The first-order valence-electron chi connectivity index (χ1n) is 8.58. The fourth-order valence-corrected chi connectivity index (χ4v) is 3.71. The monoisotopic (exact) mass is 401 g/mol. The fraction of sp³-hybridized carbons (Fsp3) is 0.211. The highest BCUT2D eigenvalue weighted by Crippen LogP contribution is 2.34. The predicted molar refractivity (Wildman–Crippen MR) is 104 cm³/mol. The molecule has 2 aliphatic rings. The number of amides is 2. The Labute approximate surface area is 164 Å². The molecule has 2 amide bonds. The maximum atomic E-state index is 12.9. The lowest BCUT2D eigenvalue weighted by Crippen LogP contribution is -2.28. The minimum absolute atomic E-state index is 0.0198. The molecule has 2 heterocycles. The number of thioether (sulfide) groups is 1. The van der Waals surface area contributed by atoms with Crippen LogP contribution in [0.5, 0.6) is 11.5 Å². The summed E-state index contributed by atoms with van der Waals surface area (Å²) in [5, 5.41) is 5.16. The standard InChI is InChI=1S/C19H16FN3O4S/c20-11-1-3-12(4-2-11)21-17(24)10-16-18(25)23-19(28-16)22-13-5-6-14-15(9-13)27-8-7-26-14/h1-6,9,16H,7-8,10H2,(H,21,24)(H,22,23,25)/t16-/m0/s1. The van der Waals surface area contributed by atoms with Gasteiger partial charge in [0.1, 0.15) is 24.3 Å². The molecule has 0 saturated carbocycles. The summed E-state index contributed by atoms with van der Waals surface area (Å²) in [6.07, 6.45) is -0.0198. The van der Waals surface area contributed by atoms with Crippen LogP contribution >= 0.6 is 11.8 Å². The first-order chi connectivity index (χ1) is 13.6. The summed E-state index contributed by atoms with van der Waals surface area (Å²) in [5.74, 6) is 0.269. The summed E-state index contributed by atoms with van der Waals surface area (Å²) < 4.78 is 23.9. The van der Waals surface area contributed by atoms with Crippen LogP contribution in [-0.4, -0.2) is 35.4 Å². The second kappa shape index (κ2) is 7.89. The van der Waals surface area contributed by atoms with Gasteiger partial charge in [0.05, 0.1) is 5.69 Å². The molecule has 1 saturated heterocycles. The van der Waals surface area contributed by atoms with E-state index in [1.807, 2.05) is 0 Å². The van der Waals surface area contributed by atoms with Crippen LogP contribution in [0.1, 0.15) is 6.42 Å². The van der Waals surface area contributed by atoms with Crippen LogP contribution in [-0.2, 0) is 9.59 Å². The van der Waals surface area contributed by atoms with E-state index in [1.165, 1.54) is 36.0 Å². The molecule has 1 fully saturated rings. The van der Waals surface area contributed by atoms with Gasteiger partial charge in [-0.1, -0.05) is 11.8 Å². The molecule has 0 aliphatic carbocycles. The average molecular weight is 401 g/mol. The van der Waals surface area contributed by atoms with Gasteiger partial charge >= 0.3 is 0 Å². The zero-order valence-electron chi connectivity index (χ0n) is 14.6. The van der Waals surface area contributed by atoms with Crippen LogP contribution in [0.25, 0.3) is 0 Å². The van der Waals surface area contributed by atoms with Gasteiger partial charge in [-0.15, -0.1) is 0 Å². The zero-order chi connectivity index (χ0) is 19.5. The van der Waals surface area contributed by atoms with Crippen molar-refractivity contribution in [3.8, 4) is 11.5 Å². The molecule has 144 valence electrons. The third-order valence-corrected chi connectivity index (χ3v) is 5.11. The number of amidine groups is 1. The highest BCUT2D eigenvalue weighted by molar-refractivity contribution is 8.15. The van der Waals surface area contributed by atoms with Crippen molar-refractivity contribution in [3.63, 3.8) is 0 Å². The Morgan fingerprint density at radius 1 is 1.18 bits per heavy atom. The number of nitrogens with zero attached hydrogens (tertiary/aromatic N) is 1. The number of benzene rings is 2. The molecule has 0 radical (unpaired) electrons. The Kier molecular flexibility index (Phi) is 5.16. The molecule has 2 N–H and O–H groups in total. The van der Waals surface area contributed by atoms with Gasteiger partial charge in [-0.05, 0) is 36.4 Å². The number of aliphatic imine (C=N–C) groups is 1. The molecular formula is C19H16FN3O4S. The van der Waals surface area contributed by atoms with Crippen molar-refractivity contribution < 1.29 is 23.5 Å². The van der Waals surface area contributed by atoms with Crippen molar-refractivity contribution in [2.75, 3.05) is 18.5 Å². The molecule has 0 unspecified atom stereocenters. The molecule has 28 heavy (non-hydrogen) atoms. The molecule has 2 aliphatic heterocycles. The van der Waals surface area contributed by atoms with Gasteiger partial charge in [-0.25, -0.2) is 9.38 Å². The molecule has 0 spiro atoms. The second-order valence-corrected chi connectivity index (χ2v) is 7.29. The smallest absolute Gasteiger partial charge is 0.240 e. The van der Waals surface area contributed by atoms with Crippen molar-refractivity contribution in [1.29, 1.82) is 0 Å². The number of anilines is 1. The molecule has 2 aromatic carbocycles. The average Bonchev–Trinajstić information content (AvgIpc) is 3.02. The molecule has 2 aromatic rings. The largest absolute Gasteiger partial charge is 0.486 e. The van der Waals surface area contributed by atoms with E-state index >= 15 is 0 Å². The third-order valence-electron chi connectivity index (χ3n) is 4.03.